The van der Waals surface area contributed by atoms with Crippen molar-refractivity contribution in [1.29, 1.82) is 0 Å². The van der Waals surface area contributed by atoms with Gasteiger partial charge in [-0.1, -0.05) is 0 Å². The Bertz CT molecular complexity index is 326. The summed E-state index contributed by atoms with van der Waals surface area (Å²) in [6.07, 6.45) is 0.0300. The molecule has 2 unspecified atom stereocenters. The Balaban J connectivity index is 2.18. The summed E-state index contributed by atoms with van der Waals surface area (Å²) >= 11 is 1.71. The summed E-state index contributed by atoms with van der Waals surface area (Å²) in [5, 5.41) is 0. The van der Waals surface area contributed by atoms with Crippen molar-refractivity contribution in [3.05, 3.63) is 21.9 Å². The highest BCUT2D eigenvalue weighted by molar-refractivity contribution is 7.12. The SMILES string of the molecule is Cc1ccc(C2(C)OCC(CN)O2)s1. The summed E-state index contributed by atoms with van der Waals surface area (Å²) in [6, 6.07) is 4.13. The van der Waals surface area contributed by atoms with Crippen LogP contribution in [0.3, 0.4) is 0 Å². The predicted octanol–water partition coefficient (Wildman–Crippen LogP) is 1.60. The first kappa shape index (κ1) is 10.1. The molecule has 0 bridgehead atoms. The highest BCUT2D eigenvalue weighted by Crippen LogP contribution is 2.37. The molecular weight excluding hydrogens is 198 g/mol. The predicted molar refractivity (Wildman–Crippen MR) is 56.3 cm³/mol. The van der Waals surface area contributed by atoms with Gasteiger partial charge in [0.05, 0.1) is 17.6 Å². The van der Waals surface area contributed by atoms with Gasteiger partial charge in [-0.25, -0.2) is 0 Å². The third-order valence-electron chi connectivity index (χ3n) is 2.39. The van der Waals surface area contributed by atoms with Crippen LogP contribution >= 0.6 is 11.3 Å². The minimum Gasteiger partial charge on any atom is -0.343 e. The van der Waals surface area contributed by atoms with Gasteiger partial charge in [-0.3, -0.25) is 0 Å². The molecule has 0 spiro atoms. The molecule has 2 heterocycles. The van der Waals surface area contributed by atoms with Gasteiger partial charge in [0, 0.05) is 11.4 Å². The molecule has 1 aromatic rings. The molecule has 14 heavy (non-hydrogen) atoms. The van der Waals surface area contributed by atoms with E-state index in [2.05, 4.69) is 19.1 Å². The molecule has 2 N–H and O–H groups in total. The molecule has 1 aromatic heterocycles. The first-order chi connectivity index (χ1) is 6.64. The van der Waals surface area contributed by atoms with Gasteiger partial charge in [0.1, 0.15) is 0 Å². The van der Waals surface area contributed by atoms with Crippen molar-refractivity contribution in [2.45, 2.75) is 25.7 Å². The van der Waals surface area contributed by atoms with Crippen LogP contribution in [0.25, 0.3) is 0 Å². The summed E-state index contributed by atoms with van der Waals surface area (Å²) < 4.78 is 11.4. The Kier molecular flexibility index (Phi) is 2.62. The Morgan fingerprint density at radius 3 is 2.93 bits per heavy atom. The Morgan fingerprint density at radius 2 is 2.43 bits per heavy atom. The first-order valence-electron chi connectivity index (χ1n) is 4.73. The topological polar surface area (TPSA) is 44.5 Å². The molecule has 0 aromatic carbocycles. The number of aryl methyl sites for hydroxylation is 1. The average Bonchev–Trinajstić information content (AvgIpc) is 2.73. The molecule has 1 aliphatic rings. The van der Waals surface area contributed by atoms with E-state index in [9.17, 15) is 0 Å². The average molecular weight is 213 g/mol. The van der Waals surface area contributed by atoms with Gasteiger partial charge >= 0.3 is 0 Å². The van der Waals surface area contributed by atoms with Gasteiger partial charge in [0.25, 0.3) is 0 Å². The first-order valence-corrected chi connectivity index (χ1v) is 5.54. The van der Waals surface area contributed by atoms with E-state index in [0.717, 1.165) is 4.88 Å². The van der Waals surface area contributed by atoms with Crippen LogP contribution < -0.4 is 5.73 Å². The lowest BCUT2D eigenvalue weighted by atomic mass is 10.2. The normalized spacial score (nSPS) is 32.4. The van der Waals surface area contributed by atoms with E-state index in [0.29, 0.717) is 13.2 Å². The van der Waals surface area contributed by atoms with E-state index in [-0.39, 0.29) is 6.10 Å². The van der Waals surface area contributed by atoms with Crippen LogP contribution in [-0.2, 0) is 15.3 Å². The van der Waals surface area contributed by atoms with Crippen molar-refractivity contribution < 1.29 is 9.47 Å². The van der Waals surface area contributed by atoms with Gasteiger partial charge in [0.15, 0.2) is 0 Å². The van der Waals surface area contributed by atoms with Crippen molar-refractivity contribution in [3.63, 3.8) is 0 Å². The van der Waals surface area contributed by atoms with Crippen molar-refractivity contribution in [3.8, 4) is 0 Å². The van der Waals surface area contributed by atoms with Crippen LogP contribution in [0.5, 0.6) is 0 Å². The fourth-order valence-electron chi connectivity index (χ4n) is 1.56. The molecular formula is C10H15NO2S. The zero-order valence-electron chi connectivity index (χ0n) is 8.45. The molecule has 1 saturated heterocycles. The molecule has 2 rings (SSSR count). The van der Waals surface area contributed by atoms with Crippen molar-refractivity contribution in [2.24, 2.45) is 5.73 Å². The molecule has 0 radical (unpaired) electrons. The molecule has 1 fully saturated rings. The third-order valence-corrected chi connectivity index (χ3v) is 3.57. The molecule has 2 atom stereocenters. The maximum Gasteiger partial charge on any atom is 0.201 e. The van der Waals surface area contributed by atoms with Crippen molar-refractivity contribution in [1.82, 2.24) is 0 Å². The quantitative estimate of drug-likeness (QED) is 0.811. The van der Waals surface area contributed by atoms with Crippen LogP contribution in [0.1, 0.15) is 16.7 Å². The molecule has 0 aliphatic carbocycles. The maximum atomic E-state index is 5.76. The Morgan fingerprint density at radius 1 is 1.64 bits per heavy atom. The van der Waals surface area contributed by atoms with Crippen LogP contribution in [0.15, 0.2) is 12.1 Å². The molecule has 0 amide bonds. The molecule has 4 heteroatoms. The highest BCUT2D eigenvalue weighted by Gasteiger charge is 2.39. The van der Waals surface area contributed by atoms with E-state index in [1.807, 2.05) is 6.92 Å². The second kappa shape index (κ2) is 3.62. The number of hydrogen-bond donors (Lipinski definition) is 1. The van der Waals surface area contributed by atoms with Crippen molar-refractivity contribution in [2.75, 3.05) is 13.2 Å². The number of hydrogen-bond acceptors (Lipinski definition) is 4. The van der Waals surface area contributed by atoms with E-state index in [4.69, 9.17) is 15.2 Å². The summed E-state index contributed by atoms with van der Waals surface area (Å²) in [6.45, 7) is 5.13. The molecule has 0 saturated carbocycles. The van der Waals surface area contributed by atoms with Gasteiger partial charge < -0.3 is 15.2 Å². The number of ether oxygens (including phenoxy) is 2. The minimum absolute atomic E-state index is 0.0300. The third kappa shape index (κ3) is 1.70. The number of thiophene rings is 1. The van der Waals surface area contributed by atoms with Gasteiger partial charge in [-0.2, -0.15) is 0 Å². The van der Waals surface area contributed by atoms with Crippen LogP contribution in [0.4, 0.5) is 0 Å². The van der Waals surface area contributed by atoms with Crippen LogP contribution in [-0.4, -0.2) is 19.3 Å². The smallest absolute Gasteiger partial charge is 0.201 e. The summed E-state index contributed by atoms with van der Waals surface area (Å²) in [5.74, 6) is -0.580. The van der Waals surface area contributed by atoms with Crippen molar-refractivity contribution >= 4 is 11.3 Å². The zero-order chi connectivity index (χ0) is 10.2. The maximum absolute atomic E-state index is 5.76. The summed E-state index contributed by atoms with van der Waals surface area (Å²) in [4.78, 5) is 2.38. The Labute approximate surface area is 87.8 Å². The molecule has 78 valence electrons. The lowest BCUT2D eigenvalue weighted by Gasteiger charge is -2.21. The lowest BCUT2D eigenvalue weighted by Crippen LogP contribution is -2.26. The number of nitrogens with two attached hydrogens (primary N) is 1. The molecule has 3 nitrogen and oxygen atoms in total. The Hall–Kier alpha value is -0.420. The second-order valence-corrected chi connectivity index (χ2v) is 4.93. The second-order valence-electron chi connectivity index (χ2n) is 3.64. The van der Waals surface area contributed by atoms with E-state index >= 15 is 0 Å². The van der Waals surface area contributed by atoms with Gasteiger partial charge in [0.2, 0.25) is 5.79 Å². The fourth-order valence-corrected chi connectivity index (χ4v) is 2.47. The zero-order valence-corrected chi connectivity index (χ0v) is 9.26. The highest BCUT2D eigenvalue weighted by atomic mass is 32.1. The van der Waals surface area contributed by atoms with Gasteiger partial charge in [-0.15, -0.1) is 11.3 Å². The summed E-state index contributed by atoms with van der Waals surface area (Å²) in [5.41, 5.74) is 5.54. The van der Waals surface area contributed by atoms with E-state index in [1.54, 1.807) is 11.3 Å². The molecule has 1 aliphatic heterocycles. The standard InChI is InChI=1S/C10H15NO2S/c1-7-3-4-9(14-7)10(2)12-6-8(5-11)13-10/h3-4,8H,5-6,11H2,1-2H3. The minimum atomic E-state index is -0.580. The number of rotatable bonds is 2. The van der Waals surface area contributed by atoms with E-state index in [1.165, 1.54) is 4.88 Å². The summed E-state index contributed by atoms with van der Waals surface area (Å²) in [7, 11) is 0. The van der Waals surface area contributed by atoms with Crippen LogP contribution in [0, 0.1) is 6.92 Å². The monoisotopic (exact) mass is 213 g/mol. The van der Waals surface area contributed by atoms with E-state index < -0.39 is 5.79 Å². The largest absolute Gasteiger partial charge is 0.343 e. The van der Waals surface area contributed by atoms with Gasteiger partial charge in [-0.05, 0) is 26.0 Å². The van der Waals surface area contributed by atoms with Crippen LogP contribution in [0.2, 0.25) is 0 Å². The lowest BCUT2D eigenvalue weighted by molar-refractivity contribution is -0.157. The fraction of sp³-hybridized carbons (Fsp3) is 0.600.